The summed E-state index contributed by atoms with van der Waals surface area (Å²) in [4.78, 5) is 12.4. The molecule has 0 atom stereocenters. The van der Waals surface area contributed by atoms with Crippen molar-refractivity contribution in [3.8, 4) is 0 Å². The first-order valence-corrected chi connectivity index (χ1v) is 6.83. The fraction of sp³-hybridized carbons (Fsp3) is 0.188. The quantitative estimate of drug-likeness (QED) is 0.794. The summed E-state index contributed by atoms with van der Waals surface area (Å²) >= 11 is 0. The van der Waals surface area contributed by atoms with E-state index in [0.717, 1.165) is 30.0 Å². The van der Waals surface area contributed by atoms with Crippen LogP contribution in [0.25, 0.3) is 0 Å². The molecule has 0 aromatic heterocycles. The van der Waals surface area contributed by atoms with E-state index in [1.807, 2.05) is 19.1 Å². The molecule has 1 amide bonds. The Balaban J connectivity index is 1.91. The average molecular weight is 285 g/mol. The van der Waals surface area contributed by atoms with Crippen molar-refractivity contribution >= 4 is 23.0 Å². The van der Waals surface area contributed by atoms with Gasteiger partial charge in [0.15, 0.2) is 0 Å². The van der Waals surface area contributed by atoms with E-state index in [1.165, 1.54) is 12.1 Å². The van der Waals surface area contributed by atoms with E-state index in [0.29, 0.717) is 11.3 Å². The van der Waals surface area contributed by atoms with E-state index < -0.39 is 0 Å². The molecule has 1 aliphatic heterocycles. The number of anilines is 3. The molecule has 2 aromatic carbocycles. The number of halogens is 1. The predicted molar refractivity (Wildman–Crippen MR) is 82.5 cm³/mol. The van der Waals surface area contributed by atoms with Crippen molar-refractivity contribution in [3.05, 3.63) is 53.3 Å². The number of rotatable bonds is 2. The van der Waals surface area contributed by atoms with Gasteiger partial charge in [-0.15, -0.1) is 0 Å². The lowest BCUT2D eigenvalue weighted by molar-refractivity contribution is 0.102. The minimum Gasteiger partial charge on any atom is -0.382 e. The molecule has 1 heterocycles. The number of hydrogen-bond donors (Lipinski definition) is 3. The van der Waals surface area contributed by atoms with Gasteiger partial charge >= 0.3 is 0 Å². The third kappa shape index (κ3) is 2.67. The molecule has 0 aliphatic carbocycles. The summed E-state index contributed by atoms with van der Waals surface area (Å²) in [6, 6.07) is 9.85. The standard InChI is InChI=1S/C16H16FN3O/c1-10-5-6-11(17)9-14(10)20-16(21)12-3-2-4-13-15(12)19-8-7-18-13/h2-6,9,18-19H,7-8H2,1H3,(H,20,21). The maximum Gasteiger partial charge on any atom is 0.257 e. The molecule has 3 N–H and O–H groups in total. The van der Waals surface area contributed by atoms with E-state index >= 15 is 0 Å². The molecule has 0 bridgehead atoms. The molecular formula is C16H16FN3O. The fourth-order valence-electron chi connectivity index (χ4n) is 2.38. The second-order valence-corrected chi connectivity index (χ2v) is 5.00. The molecule has 0 radical (unpaired) electrons. The number of carbonyl (C=O) groups is 1. The fourth-order valence-corrected chi connectivity index (χ4v) is 2.38. The normalized spacial score (nSPS) is 12.9. The topological polar surface area (TPSA) is 53.2 Å². The molecule has 0 unspecified atom stereocenters. The van der Waals surface area contributed by atoms with Crippen molar-refractivity contribution in [1.29, 1.82) is 0 Å². The molecule has 4 nitrogen and oxygen atoms in total. The molecular weight excluding hydrogens is 269 g/mol. The van der Waals surface area contributed by atoms with Crippen molar-refractivity contribution in [2.75, 3.05) is 29.0 Å². The molecule has 1 aliphatic rings. The van der Waals surface area contributed by atoms with Crippen molar-refractivity contribution in [2.24, 2.45) is 0 Å². The number of carbonyl (C=O) groups excluding carboxylic acids is 1. The van der Waals surface area contributed by atoms with Crippen LogP contribution in [0.4, 0.5) is 21.5 Å². The van der Waals surface area contributed by atoms with Gasteiger partial charge in [-0.2, -0.15) is 0 Å². The predicted octanol–water partition coefficient (Wildman–Crippen LogP) is 3.22. The average Bonchev–Trinajstić information content (AvgIpc) is 2.50. The molecule has 21 heavy (non-hydrogen) atoms. The molecule has 0 saturated heterocycles. The smallest absolute Gasteiger partial charge is 0.257 e. The van der Waals surface area contributed by atoms with E-state index in [1.54, 1.807) is 12.1 Å². The van der Waals surface area contributed by atoms with E-state index in [2.05, 4.69) is 16.0 Å². The van der Waals surface area contributed by atoms with Gasteiger partial charge in [-0.3, -0.25) is 4.79 Å². The van der Waals surface area contributed by atoms with Crippen LogP contribution in [0.3, 0.4) is 0 Å². The minimum atomic E-state index is -0.370. The first-order chi connectivity index (χ1) is 10.1. The van der Waals surface area contributed by atoms with Crippen LogP contribution in [0.15, 0.2) is 36.4 Å². The number of hydrogen-bond acceptors (Lipinski definition) is 3. The minimum absolute atomic E-state index is 0.253. The summed E-state index contributed by atoms with van der Waals surface area (Å²) in [5.41, 5.74) is 3.55. The molecule has 108 valence electrons. The Morgan fingerprint density at radius 2 is 2.00 bits per heavy atom. The number of aryl methyl sites for hydroxylation is 1. The summed E-state index contributed by atoms with van der Waals surface area (Å²) in [6.07, 6.45) is 0. The Morgan fingerprint density at radius 3 is 2.86 bits per heavy atom. The van der Waals surface area contributed by atoms with Crippen molar-refractivity contribution < 1.29 is 9.18 Å². The lowest BCUT2D eigenvalue weighted by atomic mass is 10.1. The van der Waals surface area contributed by atoms with Crippen molar-refractivity contribution in [2.45, 2.75) is 6.92 Å². The van der Waals surface area contributed by atoms with Gasteiger partial charge in [0.2, 0.25) is 0 Å². The van der Waals surface area contributed by atoms with E-state index in [9.17, 15) is 9.18 Å². The third-order valence-corrected chi connectivity index (χ3v) is 3.50. The highest BCUT2D eigenvalue weighted by Gasteiger charge is 2.17. The number of amides is 1. The largest absolute Gasteiger partial charge is 0.382 e. The summed E-state index contributed by atoms with van der Waals surface area (Å²) in [5.74, 6) is -0.623. The van der Waals surface area contributed by atoms with Crippen molar-refractivity contribution in [1.82, 2.24) is 0 Å². The second-order valence-electron chi connectivity index (χ2n) is 5.00. The first kappa shape index (κ1) is 13.4. The molecule has 2 aromatic rings. The molecule has 0 saturated carbocycles. The molecule has 3 rings (SSSR count). The summed E-state index contributed by atoms with van der Waals surface area (Å²) in [6.45, 7) is 3.41. The van der Waals surface area contributed by atoms with Crippen LogP contribution in [0.2, 0.25) is 0 Å². The van der Waals surface area contributed by atoms with Crippen LogP contribution >= 0.6 is 0 Å². The zero-order valence-electron chi connectivity index (χ0n) is 11.7. The van der Waals surface area contributed by atoms with Gasteiger partial charge in [0, 0.05) is 18.8 Å². The molecule has 0 spiro atoms. The number of para-hydroxylation sites is 1. The summed E-state index contributed by atoms with van der Waals surface area (Å²) in [7, 11) is 0. The van der Waals surface area contributed by atoms with Crippen LogP contribution in [0.1, 0.15) is 15.9 Å². The summed E-state index contributed by atoms with van der Waals surface area (Å²) in [5, 5.41) is 9.24. The Labute approximate surface area is 122 Å². The number of benzene rings is 2. The van der Waals surface area contributed by atoms with Gasteiger partial charge in [-0.25, -0.2) is 4.39 Å². The van der Waals surface area contributed by atoms with E-state index in [4.69, 9.17) is 0 Å². The Hall–Kier alpha value is -2.56. The maximum atomic E-state index is 13.3. The third-order valence-electron chi connectivity index (χ3n) is 3.50. The number of fused-ring (bicyclic) bond motifs is 1. The van der Waals surface area contributed by atoms with Crippen LogP contribution in [0, 0.1) is 12.7 Å². The highest BCUT2D eigenvalue weighted by molar-refractivity contribution is 6.10. The molecule has 0 fully saturated rings. The Morgan fingerprint density at radius 1 is 1.19 bits per heavy atom. The van der Waals surface area contributed by atoms with E-state index in [-0.39, 0.29) is 11.7 Å². The van der Waals surface area contributed by atoms with Crippen LogP contribution in [-0.4, -0.2) is 19.0 Å². The zero-order valence-corrected chi connectivity index (χ0v) is 11.7. The van der Waals surface area contributed by atoms with Crippen LogP contribution in [0.5, 0.6) is 0 Å². The number of nitrogens with one attached hydrogen (secondary N) is 3. The zero-order chi connectivity index (χ0) is 14.8. The maximum absolute atomic E-state index is 13.3. The van der Waals surface area contributed by atoms with Crippen molar-refractivity contribution in [3.63, 3.8) is 0 Å². The van der Waals surface area contributed by atoms with Gasteiger partial charge in [-0.05, 0) is 36.8 Å². The van der Waals surface area contributed by atoms with Gasteiger partial charge < -0.3 is 16.0 Å². The Bertz CT molecular complexity index is 700. The Kier molecular flexibility index (Phi) is 3.48. The lowest BCUT2D eigenvalue weighted by Crippen LogP contribution is -2.24. The van der Waals surface area contributed by atoms with Crippen LogP contribution < -0.4 is 16.0 Å². The molecule has 5 heteroatoms. The SMILES string of the molecule is Cc1ccc(F)cc1NC(=O)c1cccc2c1NCCN2. The van der Waals surface area contributed by atoms with Gasteiger partial charge in [-0.1, -0.05) is 12.1 Å². The first-order valence-electron chi connectivity index (χ1n) is 6.83. The van der Waals surface area contributed by atoms with Gasteiger partial charge in [0.05, 0.1) is 16.9 Å². The van der Waals surface area contributed by atoms with Crippen LogP contribution in [-0.2, 0) is 0 Å². The second kappa shape index (κ2) is 5.44. The highest BCUT2D eigenvalue weighted by Crippen LogP contribution is 2.29. The highest BCUT2D eigenvalue weighted by atomic mass is 19.1. The lowest BCUT2D eigenvalue weighted by Gasteiger charge is -2.22. The van der Waals surface area contributed by atoms with Gasteiger partial charge in [0.25, 0.3) is 5.91 Å². The summed E-state index contributed by atoms with van der Waals surface area (Å²) < 4.78 is 13.3. The van der Waals surface area contributed by atoms with Gasteiger partial charge in [0.1, 0.15) is 5.82 Å². The monoisotopic (exact) mass is 285 g/mol.